The lowest BCUT2D eigenvalue weighted by Gasteiger charge is -2.08. The van der Waals surface area contributed by atoms with Gasteiger partial charge in [0.15, 0.2) is 0 Å². The van der Waals surface area contributed by atoms with E-state index in [1.807, 2.05) is 38.1 Å². The summed E-state index contributed by atoms with van der Waals surface area (Å²) in [5, 5.41) is 0. The summed E-state index contributed by atoms with van der Waals surface area (Å²) in [6.07, 6.45) is 0. The van der Waals surface area contributed by atoms with Crippen LogP contribution in [0, 0.1) is 6.92 Å². The van der Waals surface area contributed by atoms with Crippen molar-refractivity contribution in [1.29, 1.82) is 0 Å². The topological polar surface area (TPSA) is 26.3 Å². The lowest BCUT2D eigenvalue weighted by Crippen LogP contribution is -2.10. The molecule has 0 heterocycles. The molecule has 0 radical (unpaired) electrons. The SMILES string of the molecule is COC(=O)[C@@H](C)c1ccc(C)cc1. The first-order valence-electron chi connectivity index (χ1n) is 4.29. The highest BCUT2D eigenvalue weighted by Crippen LogP contribution is 2.16. The van der Waals surface area contributed by atoms with Gasteiger partial charge in [-0.2, -0.15) is 0 Å². The number of methoxy groups -OCH3 is 1. The molecule has 0 unspecified atom stereocenters. The van der Waals surface area contributed by atoms with E-state index in [9.17, 15) is 4.79 Å². The summed E-state index contributed by atoms with van der Waals surface area (Å²) in [5.74, 6) is -0.366. The quantitative estimate of drug-likeness (QED) is 0.649. The Kier molecular flexibility index (Phi) is 3.07. The number of aryl methyl sites for hydroxylation is 1. The fraction of sp³-hybridized carbons (Fsp3) is 0.364. The van der Waals surface area contributed by atoms with Crippen molar-refractivity contribution in [2.45, 2.75) is 19.8 Å². The summed E-state index contributed by atoms with van der Waals surface area (Å²) in [5.41, 5.74) is 2.19. The minimum atomic E-state index is -0.191. The number of esters is 1. The van der Waals surface area contributed by atoms with Gasteiger partial charge in [0.2, 0.25) is 0 Å². The number of hydrogen-bond donors (Lipinski definition) is 0. The highest BCUT2D eigenvalue weighted by atomic mass is 16.5. The van der Waals surface area contributed by atoms with Crippen molar-refractivity contribution in [1.82, 2.24) is 0 Å². The standard InChI is InChI=1S/C11H14O2/c1-8-4-6-10(7-5-8)9(2)11(12)13-3/h4-7,9H,1-3H3/t9-/m0/s1. The molecule has 0 aliphatic heterocycles. The summed E-state index contributed by atoms with van der Waals surface area (Å²) in [4.78, 5) is 11.2. The zero-order valence-corrected chi connectivity index (χ0v) is 8.20. The van der Waals surface area contributed by atoms with Crippen LogP contribution < -0.4 is 0 Å². The Morgan fingerprint density at radius 1 is 1.31 bits per heavy atom. The first kappa shape index (κ1) is 9.78. The molecule has 0 N–H and O–H groups in total. The zero-order chi connectivity index (χ0) is 9.84. The van der Waals surface area contributed by atoms with E-state index in [1.165, 1.54) is 12.7 Å². The molecule has 1 aromatic rings. The second-order valence-corrected chi connectivity index (χ2v) is 3.16. The van der Waals surface area contributed by atoms with E-state index in [-0.39, 0.29) is 11.9 Å². The highest BCUT2D eigenvalue weighted by molar-refractivity contribution is 5.77. The first-order chi connectivity index (χ1) is 6.15. The van der Waals surface area contributed by atoms with E-state index < -0.39 is 0 Å². The molecule has 0 bridgehead atoms. The molecule has 0 aliphatic rings. The average molecular weight is 178 g/mol. The van der Waals surface area contributed by atoms with Gasteiger partial charge in [-0.1, -0.05) is 29.8 Å². The smallest absolute Gasteiger partial charge is 0.312 e. The number of rotatable bonds is 2. The van der Waals surface area contributed by atoms with Gasteiger partial charge in [0.25, 0.3) is 0 Å². The molecule has 70 valence electrons. The van der Waals surface area contributed by atoms with Gasteiger partial charge in [0, 0.05) is 0 Å². The third-order valence-corrected chi connectivity index (χ3v) is 2.13. The lowest BCUT2D eigenvalue weighted by molar-refractivity contribution is -0.141. The maximum absolute atomic E-state index is 11.2. The Labute approximate surface area is 78.5 Å². The third-order valence-electron chi connectivity index (χ3n) is 2.13. The number of benzene rings is 1. The summed E-state index contributed by atoms with van der Waals surface area (Å²) in [7, 11) is 1.41. The Hall–Kier alpha value is -1.31. The highest BCUT2D eigenvalue weighted by Gasteiger charge is 2.14. The fourth-order valence-corrected chi connectivity index (χ4v) is 1.17. The fourth-order valence-electron chi connectivity index (χ4n) is 1.17. The van der Waals surface area contributed by atoms with Gasteiger partial charge in [0.1, 0.15) is 0 Å². The number of hydrogen-bond acceptors (Lipinski definition) is 2. The van der Waals surface area contributed by atoms with Crippen LogP contribution in [0.2, 0.25) is 0 Å². The second kappa shape index (κ2) is 4.08. The van der Waals surface area contributed by atoms with Crippen molar-refractivity contribution in [3.05, 3.63) is 35.4 Å². The van der Waals surface area contributed by atoms with Crippen LogP contribution in [-0.4, -0.2) is 13.1 Å². The minimum Gasteiger partial charge on any atom is -0.469 e. The van der Waals surface area contributed by atoms with E-state index in [1.54, 1.807) is 0 Å². The monoisotopic (exact) mass is 178 g/mol. The number of carbonyl (C=O) groups excluding carboxylic acids is 1. The molecule has 0 aliphatic carbocycles. The Morgan fingerprint density at radius 2 is 1.85 bits per heavy atom. The molecule has 0 amide bonds. The first-order valence-corrected chi connectivity index (χ1v) is 4.29. The Balaban J connectivity index is 2.83. The van der Waals surface area contributed by atoms with Gasteiger partial charge in [-0.3, -0.25) is 4.79 Å². The van der Waals surface area contributed by atoms with E-state index in [0.717, 1.165) is 5.56 Å². The molecule has 0 saturated heterocycles. The van der Waals surface area contributed by atoms with Crippen LogP contribution in [0.25, 0.3) is 0 Å². The van der Waals surface area contributed by atoms with Gasteiger partial charge in [-0.25, -0.2) is 0 Å². The van der Waals surface area contributed by atoms with Crippen molar-refractivity contribution in [3.8, 4) is 0 Å². The molecule has 1 atom stereocenters. The predicted octanol–water partition coefficient (Wildman–Crippen LogP) is 2.27. The van der Waals surface area contributed by atoms with Gasteiger partial charge < -0.3 is 4.74 Å². The maximum atomic E-state index is 11.2. The van der Waals surface area contributed by atoms with Crippen molar-refractivity contribution in [2.24, 2.45) is 0 Å². The van der Waals surface area contributed by atoms with Crippen LogP contribution in [0.1, 0.15) is 24.0 Å². The van der Waals surface area contributed by atoms with E-state index >= 15 is 0 Å². The molecular formula is C11H14O2. The van der Waals surface area contributed by atoms with E-state index in [4.69, 9.17) is 0 Å². The largest absolute Gasteiger partial charge is 0.469 e. The molecule has 13 heavy (non-hydrogen) atoms. The molecular weight excluding hydrogens is 164 g/mol. The zero-order valence-electron chi connectivity index (χ0n) is 8.20. The summed E-state index contributed by atoms with van der Waals surface area (Å²) >= 11 is 0. The lowest BCUT2D eigenvalue weighted by atomic mass is 10.0. The van der Waals surface area contributed by atoms with Crippen molar-refractivity contribution >= 4 is 5.97 Å². The molecule has 0 fully saturated rings. The predicted molar refractivity (Wildman–Crippen MR) is 51.6 cm³/mol. The van der Waals surface area contributed by atoms with E-state index in [2.05, 4.69) is 4.74 Å². The number of ether oxygens (including phenoxy) is 1. The molecule has 0 spiro atoms. The van der Waals surface area contributed by atoms with Gasteiger partial charge in [0.05, 0.1) is 13.0 Å². The van der Waals surface area contributed by atoms with Crippen LogP contribution in [0.5, 0.6) is 0 Å². The van der Waals surface area contributed by atoms with Crippen LogP contribution in [0.15, 0.2) is 24.3 Å². The van der Waals surface area contributed by atoms with Crippen molar-refractivity contribution in [3.63, 3.8) is 0 Å². The average Bonchev–Trinajstić information content (AvgIpc) is 2.17. The summed E-state index contributed by atoms with van der Waals surface area (Å²) in [6.45, 7) is 3.86. The molecule has 1 aromatic carbocycles. The van der Waals surface area contributed by atoms with Crippen LogP contribution in [0.4, 0.5) is 0 Å². The minimum absolute atomic E-state index is 0.175. The molecule has 2 heteroatoms. The molecule has 1 rings (SSSR count). The maximum Gasteiger partial charge on any atom is 0.312 e. The van der Waals surface area contributed by atoms with Crippen LogP contribution in [-0.2, 0) is 9.53 Å². The summed E-state index contributed by atoms with van der Waals surface area (Å²) < 4.78 is 4.66. The van der Waals surface area contributed by atoms with Gasteiger partial charge in [-0.05, 0) is 19.4 Å². The normalized spacial score (nSPS) is 12.2. The second-order valence-electron chi connectivity index (χ2n) is 3.16. The van der Waals surface area contributed by atoms with Crippen molar-refractivity contribution in [2.75, 3.05) is 7.11 Å². The summed E-state index contributed by atoms with van der Waals surface area (Å²) in [6, 6.07) is 7.90. The molecule has 0 saturated carbocycles. The van der Waals surface area contributed by atoms with E-state index in [0.29, 0.717) is 0 Å². The third kappa shape index (κ3) is 2.31. The molecule has 2 nitrogen and oxygen atoms in total. The van der Waals surface area contributed by atoms with Crippen LogP contribution in [0.3, 0.4) is 0 Å². The Bertz CT molecular complexity index is 287. The van der Waals surface area contributed by atoms with Gasteiger partial charge in [-0.15, -0.1) is 0 Å². The number of carbonyl (C=O) groups is 1. The van der Waals surface area contributed by atoms with Crippen LogP contribution >= 0.6 is 0 Å². The molecule has 0 aromatic heterocycles. The van der Waals surface area contributed by atoms with Gasteiger partial charge >= 0.3 is 5.97 Å². The van der Waals surface area contributed by atoms with Crippen molar-refractivity contribution < 1.29 is 9.53 Å². The Morgan fingerprint density at radius 3 is 2.31 bits per heavy atom.